The molecule has 0 spiro atoms. The van der Waals surface area contributed by atoms with Gasteiger partial charge in [0.25, 0.3) is 0 Å². The average molecular weight is 192 g/mol. The van der Waals surface area contributed by atoms with E-state index in [4.69, 9.17) is 5.73 Å². The van der Waals surface area contributed by atoms with Crippen LogP contribution in [-0.2, 0) is 0 Å². The van der Waals surface area contributed by atoms with Gasteiger partial charge in [0.15, 0.2) is 0 Å². The van der Waals surface area contributed by atoms with Crippen molar-refractivity contribution in [2.45, 2.75) is 6.04 Å². The first-order valence-electron chi connectivity index (χ1n) is 3.76. The summed E-state index contributed by atoms with van der Waals surface area (Å²) >= 11 is 1.53. The Balaban J connectivity index is 2.29. The zero-order valence-corrected chi connectivity index (χ0v) is 7.61. The lowest BCUT2D eigenvalue weighted by Gasteiger charge is -2.06. The quantitative estimate of drug-likeness (QED) is 0.770. The lowest BCUT2D eigenvalue weighted by atomic mass is 10.1. The van der Waals surface area contributed by atoms with Crippen LogP contribution in [0, 0.1) is 0 Å². The molecule has 1 atom stereocenters. The highest BCUT2D eigenvalue weighted by atomic mass is 32.1. The van der Waals surface area contributed by atoms with E-state index in [2.05, 4.69) is 15.0 Å². The Kier molecular flexibility index (Phi) is 2.29. The van der Waals surface area contributed by atoms with Crippen LogP contribution >= 0.6 is 11.3 Å². The summed E-state index contributed by atoms with van der Waals surface area (Å²) in [6.45, 7) is 0. The minimum Gasteiger partial charge on any atom is -0.319 e. The molecule has 2 rings (SSSR count). The number of nitrogens with zero attached hydrogens (tertiary/aromatic N) is 3. The monoisotopic (exact) mass is 192 g/mol. The topological polar surface area (TPSA) is 64.7 Å². The van der Waals surface area contributed by atoms with Crippen LogP contribution in [0.15, 0.2) is 29.6 Å². The van der Waals surface area contributed by atoms with Gasteiger partial charge in [-0.2, -0.15) is 0 Å². The molecular formula is C8H8N4S. The van der Waals surface area contributed by atoms with Crippen LogP contribution in [0.1, 0.15) is 17.3 Å². The fraction of sp³-hybridized carbons (Fsp3) is 0.125. The van der Waals surface area contributed by atoms with Gasteiger partial charge in [0, 0.05) is 23.3 Å². The second-order valence-electron chi connectivity index (χ2n) is 2.56. The van der Waals surface area contributed by atoms with Gasteiger partial charge in [-0.3, -0.25) is 0 Å². The molecule has 1 unspecified atom stereocenters. The zero-order valence-electron chi connectivity index (χ0n) is 6.79. The lowest BCUT2D eigenvalue weighted by Crippen LogP contribution is -2.12. The predicted molar refractivity (Wildman–Crippen MR) is 50.2 cm³/mol. The first kappa shape index (κ1) is 8.28. The first-order chi connectivity index (χ1) is 6.38. The molecule has 0 fully saturated rings. The smallest absolute Gasteiger partial charge is 0.115 e. The van der Waals surface area contributed by atoms with Crippen molar-refractivity contribution in [2.24, 2.45) is 5.73 Å². The molecule has 0 bridgehead atoms. The van der Waals surface area contributed by atoms with Gasteiger partial charge >= 0.3 is 0 Å². The van der Waals surface area contributed by atoms with Gasteiger partial charge in [0.2, 0.25) is 0 Å². The number of nitrogens with two attached hydrogens (primary N) is 1. The van der Waals surface area contributed by atoms with E-state index in [0.29, 0.717) is 0 Å². The summed E-state index contributed by atoms with van der Waals surface area (Å²) in [5.41, 5.74) is 9.43. The number of hydrogen-bond donors (Lipinski definition) is 1. The van der Waals surface area contributed by atoms with E-state index in [1.165, 1.54) is 17.7 Å². The van der Waals surface area contributed by atoms with Gasteiger partial charge in [-0.15, -0.1) is 11.3 Å². The van der Waals surface area contributed by atoms with Crippen molar-refractivity contribution in [1.29, 1.82) is 0 Å². The molecule has 66 valence electrons. The fourth-order valence-electron chi connectivity index (χ4n) is 1.02. The third kappa shape index (κ3) is 1.71. The van der Waals surface area contributed by atoms with Gasteiger partial charge in [-0.1, -0.05) is 0 Å². The molecule has 0 saturated heterocycles. The highest BCUT2D eigenvalue weighted by molar-refractivity contribution is 7.07. The molecule has 2 heterocycles. The van der Waals surface area contributed by atoms with Crippen molar-refractivity contribution in [3.8, 4) is 0 Å². The molecule has 2 aromatic rings. The number of aromatic nitrogens is 3. The summed E-state index contributed by atoms with van der Waals surface area (Å²) in [6, 6.07) is -0.215. The van der Waals surface area contributed by atoms with E-state index < -0.39 is 0 Å². The van der Waals surface area contributed by atoms with Crippen molar-refractivity contribution < 1.29 is 0 Å². The Morgan fingerprint density at radius 1 is 1.31 bits per heavy atom. The number of rotatable bonds is 2. The molecule has 0 aliphatic rings. The molecule has 0 radical (unpaired) electrons. The highest BCUT2D eigenvalue weighted by Gasteiger charge is 2.10. The Bertz CT molecular complexity index is 359. The number of thiazole rings is 1. The first-order valence-corrected chi connectivity index (χ1v) is 4.71. The minimum absolute atomic E-state index is 0.215. The van der Waals surface area contributed by atoms with Crippen LogP contribution in [0.4, 0.5) is 0 Å². The Labute approximate surface area is 79.5 Å². The molecule has 0 saturated carbocycles. The standard InChI is InChI=1S/C8H8N4S/c9-8(7-3-13-5-12-7)6-1-10-4-11-2-6/h1-5,8H,9H2. The summed E-state index contributed by atoms with van der Waals surface area (Å²) < 4.78 is 0. The van der Waals surface area contributed by atoms with Crippen LogP contribution < -0.4 is 5.73 Å². The van der Waals surface area contributed by atoms with E-state index in [1.807, 2.05) is 5.38 Å². The molecule has 4 nitrogen and oxygen atoms in total. The van der Waals surface area contributed by atoms with Crippen LogP contribution in [0.2, 0.25) is 0 Å². The van der Waals surface area contributed by atoms with Crippen LogP contribution in [0.5, 0.6) is 0 Å². The van der Waals surface area contributed by atoms with Crippen LogP contribution in [0.3, 0.4) is 0 Å². The maximum Gasteiger partial charge on any atom is 0.115 e. The zero-order chi connectivity index (χ0) is 9.10. The number of hydrogen-bond acceptors (Lipinski definition) is 5. The Morgan fingerprint density at radius 3 is 2.69 bits per heavy atom. The summed E-state index contributed by atoms with van der Waals surface area (Å²) in [5.74, 6) is 0. The van der Waals surface area contributed by atoms with Crippen molar-refractivity contribution in [3.63, 3.8) is 0 Å². The van der Waals surface area contributed by atoms with E-state index in [1.54, 1.807) is 17.9 Å². The second-order valence-corrected chi connectivity index (χ2v) is 3.28. The lowest BCUT2D eigenvalue weighted by molar-refractivity contribution is 0.822. The minimum atomic E-state index is -0.215. The molecule has 0 amide bonds. The van der Waals surface area contributed by atoms with Gasteiger partial charge in [-0.25, -0.2) is 15.0 Å². The van der Waals surface area contributed by atoms with E-state index >= 15 is 0 Å². The van der Waals surface area contributed by atoms with Crippen molar-refractivity contribution >= 4 is 11.3 Å². The predicted octanol–water partition coefficient (Wildman–Crippen LogP) is 0.981. The molecule has 0 aliphatic carbocycles. The van der Waals surface area contributed by atoms with Crippen molar-refractivity contribution in [1.82, 2.24) is 15.0 Å². The van der Waals surface area contributed by atoms with Crippen LogP contribution in [0.25, 0.3) is 0 Å². The third-order valence-electron chi connectivity index (χ3n) is 1.71. The molecular weight excluding hydrogens is 184 g/mol. The summed E-state index contributed by atoms with van der Waals surface area (Å²) in [6.07, 6.45) is 4.89. The molecule has 0 aliphatic heterocycles. The SMILES string of the molecule is NC(c1cncnc1)c1cscn1. The Hall–Kier alpha value is -1.33. The van der Waals surface area contributed by atoms with Crippen molar-refractivity contribution in [2.75, 3.05) is 0 Å². The Morgan fingerprint density at radius 2 is 2.08 bits per heavy atom. The van der Waals surface area contributed by atoms with Crippen molar-refractivity contribution in [3.05, 3.63) is 40.9 Å². The van der Waals surface area contributed by atoms with Gasteiger partial charge in [-0.05, 0) is 0 Å². The third-order valence-corrected chi connectivity index (χ3v) is 2.31. The van der Waals surface area contributed by atoms with Gasteiger partial charge in [0.1, 0.15) is 6.33 Å². The highest BCUT2D eigenvalue weighted by Crippen LogP contribution is 2.16. The summed E-state index contributed by atoms with van der Waals surface area (Å²) in [4.78, 5) is 11.9. The van der Waals surface area contributed by atoms with E-state index in [0.717, 1.165) is 11.3 Å². The van der Waals surface area contributed by atoms with E-state index in [9.17, 15) is 0 Å². The maximum absolute atomic E-state index is 5.92. The molecule has 2 N–H and O–H groups in total. The van der Waals surface area contributed by atoms with Crippen LogP contribution in [-0.4, -0.2) is 15.0 Å². The molecule has 13 heavy (non-hydrogen) atoms. The maximum atomic E-state index is 5.92. The molecule has 2 aromatic heterocycles. The summed E-state index contributed by atoms with van der Waals surface area (Å²) in [7, 11) is 0. The van der Waals surface area contributed by atoms with E-state index in [-0.39, 0.29) is 6.04 Å². The normalized spacial score (nSPS) is 12.7. The second kappa shape index (κ2) is 3.59. The molecule has 0 aromatic carbocycles. The molecule has 5 heteroatoms. The fourth-order valence-corrected chi connectivity index (χ4v) is 1.61. The van der Waals surface area contributed by atoms with Gasteiger partial charge in [0.05, 0.1) is 17.2 Å². The van der Waals surface area contributed by atoms with Gasteiger partial charge < -0.3 is 5.73 Å². The largest absolute Gasteiger partial charge is 0.319 e. The summed E-state index contributed by atoms with van der Waals surface area (Å²) in [5, 5.41) is 1.93. The average Bonchev–Trinajstić information content (AvgIpc) is 2.71.